The number of carbonyl (C=O) groups excluding carboxylic acids is 2. The average Bonchev–Trinajstić information content (AvgIpc) is 2.37. The first-order valence-corrected chi connectivity index (χ1v) is 5.44. The van der Waals surface area contributed by atoms with Crippen LogP contribution in [0.25, 0.3) is 0 Å². The number of alkyl halides is 2. The van der Waals surface area contributed by atoms with Crippen LogP contribution in [0.5, 0.6) is 0 Å². The van der Waals surface area contributed by atoms with Gasteiger partial charge in [0.2, 0.25) is 0 Å². The fourth-order valence-corrected chi connectivity index (χ4v) is 1.50. The van der Waals surface area contributed by atoms with Gasteiger partial charge in [-0.25, -0.2) is 8.78 Å². The molecule has 0 radical (unpaired) electrons. The molecular weight excluding hydrogens is 242 g/mol. The molecule has 98 valence electrons. The van der Waals surface area contributed by atoms with Crippen molar-refractivity contribution in [1.82, 2.24) is 0 Å². The van der Waals surface area contributed by atoms with E-state index in [1.54, 1.807) is 6.92 Å². The first kappa shape index (κ1) is 14.3. The van der Waals surface area contributed by atoms with Crippen LogP contribution < -0.4 is 0 Å². The van der Waals surface area contributed by atoms with Crippen molar-refractivity contribution in [1.29, 1.82) is 0 Å². The van der Waals surface area contributed by atoms with Crippen LogP contribution in [-0.4, -0.2) is 18.9 Å². The van der Waals surface area contributed by atoms with Crippen molar-refractivity contribution in [2.75, 3.05) is 7.11 Å². The molecule has 0 aliphatic rings. The van der Waals surface area contributed by atoms with E-state index in [-0.39, 0.29) is 17.8 Å². The summed E-state index contributed by atoms with van der Waals surface area (Å²) in [5.74, 6) is -1.27. The van der Waals surface area contributed by atoms with E-state index < -0.39 is 18.3 Å². The third-order valence-electron chi connectivity index (χ3n) is 2.60. The number of esters is 1. The number of ketones is 1. The molecule has 0 heterocycles. The molecule has 0 N–H and O–H groups in total. The Kier molecular flexibility index (Phi) is 4.95. The summed E-state index contributed by atoms with van der Waals surface area (Å²) in [6.45, 7) is 1.60. The van der Waals surface area contributed by atoms with E-state index in [0.717, 1.165) is 0 Å². The Morgan fingerprint density at radius 3 is 2.22 bits per heavy atom. The summed E-state index contributed by atoms with van der Waals surface area (Å²) < 4.78 is 29.1. The number of hydrogen-bond acceptors (Lipinski definition) is 3. The highest BCUT2D eigenvalue weighted by molar-refractivity contribution is 5.99. The third kappa shape index (κ3) is 3.61. The van der Waals surface area contributed by atoms with Crippen LogP contribution in [0.2, 0.25) is 0 Å². The van der Waals surface area contributed by atoms with Gasteiger partial charge in [-0.15, -0.1) is 0 Å². The van der Waals surface area contributed by atoms with E-state index in [1.807, 2.05) is 0 Å². The Morgan fingerprint density at radius 2 is 1.78 bits per heavy atom. The molecule has 1 aromatic carbocycles. The molecule has 0 amide bonds. The first-order chi connectivity index (χ1) is 8.45. The SMILES string of the molecule is COC(=O)CC(C)C(=O)c1ccc(C(F)F)cc1. The molecule has 0 aromatic heterocycles. The number of carbonyl (C=O) groups is 2. The third-order valence-corrected chi connectivity index (χ3v) is 2.60. The molecule has 18 heavy (non-hydrogen) atoms. The fraction of sp³-hybridized carbons (Fsp3) is 0.385. The lowest BCUT2D eigenvalue weighted by molar-refractivity contribution is -0.141. The Morgan fingerprint density at radius 1 is 1.22 bits per heavy atom. The highest BCUT2D eigenvalue weighted by Gasteiger charge is 2.19. The summed E-state index contributed by atoms with van der Waals surface area (Å²) in [6, 6.07) is 5.11. The molecule has 5 heteroatoms. The van der Waals surface area contributed by atoms with Gasteiger partial charge in [0.15, 0.2) is 5.78 Å². The van der Waals surface area contributed by atoms with E-state index in [9.17, 15) is 18.4 Å². The van der Waals surface area contributed by atoms with E-state index in [0.29, 0.717) is 5.56 Å². The number of Topliss-reactive ketones (excluding diaryl/α,β-unsaturated/α-hetero) is 1. The van der Waals surface area contributed by atoms with Crippen LogP contribution >= 0.6 is 0 Å². The molecule has 3 nitrogen and oxygen atoms in total. The summed E-state index contributed by atoms with van der Waals surface area (Å²) in [5.41, 5.74) is 0.183. The summed E-state index contributed by atoms with van der Waals surface area (Å²) in [5, 5.41) is 0. The normalized spacial score (nSPS) is 12.3. The Balaban J connectivity index is 2.74. The van der Waals surface area contributed by atoms with Gasteiger partial charge in [0, 0.05) is 17.0 Å². The minimum Gasteiger partial charge on any atom is -0.469 e. The number of methoxy groups -OCH3 is 1. The quantitative estimate of drug-likeness (QED) is 0.600. The maximum atomic E-state index is 12.3. The van der Waals surface area contributed by atoms with E-state index in [2.05, 4.69) is 4.74 Å². The molecule has 1 aromatic rings. The average molecular weight is 256 g/mol. The summed E-state index contributed by atoms with van der Waals surface area (Å²) in [4.78, 5) is 22.9. The minimum atomic E-state index is -2.55. The predicted molar refractivity (Wildman–Crippen MR) is 61.5 cm³/mol. The maximum absolute atomic E-state index is 12.3. The zero-order chi connectivity index (χ0) is 13.7. The molecule has 0 saturated heterocycles. The van der Waals surface area contributed by atoms with Gasteiger partial charge in [-0.2, -0.15) is 0 Å². The van der Waals surface area contributed by atoms with E-state index >= 15 is 0 Å². The van der Waals surface area contributed by atoms with Crippen molar-refractivity contribution in [2.24, 2.45) is 5.92 Å². The van der Waals surface area contributed by atoms with E-state index in [4.69, 9.17) is 0 Å². The molecule has 0 aliphatic heterocycles. The molecule has 0 aliphatic carbocycles. The Labute approximate surface area is 104 Å². The van der Waals surface area contributed by atoms with Crippen molar-refractivity contribution in [2.45, 2.75) is 19.8 Å². The lowest BCUT2D eigenvalue weighted by Gasteiger charge is -2.09. The maximum Gasteiger partial charge on any atom is 0.306 e. The summed E-state index contributed by atoms with van der Waals surface area (Å²) in [6.07, 6.45) is -2.58. The van der Waals surface area contributed by atoms with Crippen LogP contribution in [0.4, 0.5) is 8.78 Å². The molecule has 0 saturated carbocycles. The molecule has 1 atom stereocenters. The molecule has 0 spiro atoms. The zero-order valence-electron chi connectivity index (χ0n) is 10.2. The highest BCUT2D eigenvalue weighted by Crippen LogP contribution is 2.20. The molecule has 0 fully saturated rings. The van der Waals surface area contributed by atoms with Gasteiger partial charge in [0.1, 0.15) is 0 Å². The van der Waals surface area contributed by atoms with Gasteiger partial charge < -0.3 is 4.74 Å². The van der Waals surface area contributed by atoms with Crippen LogP contribution in [-0.2, 0) is 9.53 Å². The number of ether oxygens (including phenoxy) is 1. The summed E-state index contributed by atoms with van der Waals surface area (Å²) >= 11 is 0. The molecular formula is C13H14F2O3. The van der Waals surface area contributed by atoms with Crippen molar-refractivity contribution < 1.29 is 23.1 Å². The first-order valence-electron chi connectivity index (χ1n) is 5.44. The van der Waals surface area contributed by atoms with Crippen molar-refractivity contribution in [3.8, 4) is 0 Å². The second-order valence-electron chi connectivity index (χ2n) is 3.97. The van der Waals surface area contributed by atoms with Gasteiger partial charge in [-0.3, -0.25) is 9.59 Å². The van der Waals surface area contributed by atoms with Crippen LogP contribution in [0.3, 0.4) is 0 Å². The van der Waals surface area contributed by atoms with Gasteiger partial charge in [-0.05, 0) is 0 Å². The predicted octanol–water partition coefficient (Wildman–Crippen LogP) is 3.01. The Hall–Kier alpha value is -1.78. The molecule has 1 rings (SSSR count). The van der Waals surface area contributed by atoms with Crippen LogP contribution in [0, 0.1) is 5.92 Å². The van der Waals surface area contributed by atoms with Gasteiger partial charge in [-0.1, -0.05) is 31.2 Å². The molecule has 0 bridgehead atoms. The Bertz CT molecular complexity index is 426. The van der Waals surface area contributed by atoms with E-state index in [1.165, 1.54) is 31.4 Å². The lowest BCUT2D eigenvalue weighted by atomic mass is 9.96. The number of hydrogen-bond donors (Lipinski definition) is 0. The monoisotopic (exact) mass is 256 g/mol. The van der Waals surface area contributed by atoms with Gasteiger partial charge in [0.05, 0.1) is 13.5 Å². The van der Waals surface area contributed by atoms with Gasteiger partial charge >= 0.3 is 5.97 Å². The largest absolute Gasteiger partial charge is 0.469 e. The smallest absolute Gasteiger partial charge is 0.306 e. The van der Waals surface area contributed by atoms with Crippen LogP contribution in [0.1, 0.15) is 35.7 Å². The summed E-state index contributed by atoms with van der Waals surface area (Å²) in [7, 11) is 1.25. The van der Waals surface area contributed by atoms with Crippen molar-refractivity contribution in [3.05, 3.63) is 35.4 Å². The minimum absolute atomic E-state index is 0.0219. The lowest BCUT2D eigenvalue weighted by Crippen LogP contribution is -2.16. The number of halogens is 2. The van der Waals surface area contributed by atoms with Crippen molar-refractivity contribution in [3.63, 3.8) is 0 Å². The zero-order valence-corrected chi connectivity index (χ0v) is 10.2. The standard InChI is InChI=1S/C13H14F2O3/c1-8(7-11(16)18-2)12(17)9-3-5-10(6-4-9)13(14)15/h3-6,8,13H,7H2,1-2H3. The van der Waals surface area contributed by atoms with Crippen molar-refractivity contribution >= 4 is 11.8 Å². The topological polar surface area (TPSA) is 43.4 Å². The second kappa shape index (κ2) is 6.23. The molecule has 1 unspecified atom stereocenters. The van der Waals surface area contributed by atoms with Gasteiger partial charge in [0.25, 0.3) is 6.43 Å². The second-order valence-corrected chi connectivity index (χ2v) is 3.97. The number of rotatable bonds is 5. The number of benzene rings is 1. The highest BCUT2D eigenvalue weighted by atomic mass is 19.3. The fourth-order valence-electron chi connectivity index (χ4n) is 1.50. The van der Waals surface area contributed by atoms with Crippen LogP contribution in [0.15, 0.2) is 24.3 Å².